The fraction of sp³-hybridized carbons (Fsp3) is 0.211. The summed E-state index contributed by atoms with van der Waals surface area (Å²) in [6.07, 6.45) is 3.53. The Bertz CT molecular complexity index is 690. The number of hydrogen-bond acceptors (Lipinski definition) is 3. The van der Waals surface area contributed by atoms with Crippen LogP contribution in [0.1, 0.15) is 16.7 Å². The van der Waals surface area contributed by atoms with Gasteiger partial charge in [-0.3, -0.25) is 4.99 Å². The Hall–Kier alpha value is -2.55. The van der Waals surface area contributed by atoms with Crippen LogP contribution in [0.25, 0.3) is 0 Å². The van der Waals surface area contributed by atoms with Gasteiger partial charge in [0.1, 0.15) is 6.61 Å². The molecule has 2 rings (SSSR count). The Balaban J connectivity index is 2.19. The molecule has 0 amide bonds. The largest absolute Gasteiger partial charge is 0.493 e. The molecule has 3 heteroatoms. The summed E-state index contributed by atoms with van der Waals surface area (Å²) in [5.41, 5.74) is 4.40. The quantitative estimate of drug-likeness (QED) is 0.575. The fourth-order valence-electron chi connectivity index (χ4n) is 1.99. The van der Waals surface area contributed by atoms with Crippen LogP contribution in [0.2, 0.25) is 0 Å². The highest BCUT2D eigenvalue weighted by Crippen LogP contribution is 2.28. The zero-order chi connectivity index (χ0) is 15.9. The van der Waals surface area contributed by atoms with Crippen molar-refractivity contribution in [2.75, 3.05) is 13.7 Å². The Morgan fingerprint density at radius 1 is 1.05 bits per heavy atom. The minimum absolute atomic E-state index is 0.451. The number of aryl methyl sites for hydroxylation is 2. The Morgan fingerprint density at radius 2 is 1.86 bits per heavy atom. The lowest BCUT2D eigenvalue weighted by atomic mass is 10.1. The Kier molecular flexibility index (Phi) is 5.37. The third kappa shape index (κ3) is 3.98. The fourth-order valence-corrected chi connectivity index (χ4v) is 1.99. The maximum atomic E-state index is 5.54. The van der Waals surface area contributed by atoms with Gasteiger partial charge < -0.3 is 9.47 Å². The second kappa shape index (κ2) is 7.46. The maximum absolute atomic E-state index is 5.54. The van der Waals surface area contributed by atoms with E-state index in [1.54, 1.807) is 13.2 Å². The SMILES string of the molecule is C=CCOc1ccc(C=Nc2ccc(C)c(C)c2)cc1OC. The van der Waals surface area contributed by atoms with E-state index in [1.165, 1.54) is 11.1 Å². The number of aliphatic imine (C=N–C) groups is 1. The van der Waals surface area contributed by atoms with Gasteiger partial charge in [0, 0.05) is 6.21 Å². The molecule has 0 aliphatic heterocycles. The second-order valence-corrected chi connectivity index (χ2v) is 5.04. The summed E-state index contributed by atoms with van der Waals surface area (Å²) >= 11 is 0. The van der Waals surface area contributed by atoms with Crippen LogP contribution in [0.15, 0.2) is 54.0 Å². The van der Waals surface area contributed by atoms with E-state index >= 15 is 0 Å². The summed E-state index contributed by atoms with van der Waals surface area (Å²) in [4.78, 5) is 4.51. The highest BCUT2D eigenvalue weighted by molar-refractivity contribution is 5.83. The lowest BCUT2D eigenvalue weighted by molar-refractivity contribution is 0.326. The van der Waals surface area contributed by atoms with Crippen molar-refractivity contribution in [3.63, 3.8) is 0 Å². The van der Waals surface area contributed by atoms with Crippen molar-refractivity contribution in [2.24, 2.45) is 4.99 Å². The highest BCUT2D eigenvalue weighted by atomic mass is 16.5. The van der Waals surface area contributed by atoms with E-state index in [4.69, 9.17) is 9.47 Å². The van der Waals surface area contributed by atoms with Crippen molar-refractivity contribution in [2.45, 2.75) is 13.8 Å². The molecule has 0 saturated carbocycles. The maximum Gasteiger partial charge on any atom is 0.161 e. The van der Waals surface area contributed by atoms with Gasteiger partial charge in [-0.1, -0.05) is 18.7 Å². The van der Waals surface area contributed by atoms with Crippen molar-refractivity contribution in [1.82, 2.24) is 0 Å². The van der Waals surface area contributed by atoms with E-state index in [1.807, 2.05) is 30.5 Å². The van der Waals surface area contributed by atoms with E-state index in [2.05, 4.69) is 37.6 Å². The van der Waals surface area contributed by atoms with E-state index in [0.717, 1.165) is 11.3 Å². The number of ether oxygens (including phenoxy) is 2. The van der Waals surface area contributed by atoms with Crippen LogP contribution >= 0.6 is 0 Å². The third-order valence-corrected chi connectivity index (χ3v) is 3.40. The minimum Gasteiger partial charge on any atom is -0.493 e. The molecule has 0 atom stereocenters. The zero-order valence-corrected chi connectivity index (χ0v) is 13.3. The van der Waals surface area contributed by atoms with Crippen LogP contribution in [0.4, 0.5) is 5.69 Å². The molecule has 3 nitrogen and oxygen atoms in total. The summed E-state index contributed by atoms with van der Waals surface area (Å²) in [5.74, 6) is 1.39. The van der Waals surface area contributed by atoms with Crippen molar-refractivity contribution < 1.29 is 9.47 Å². The van der Waals surface area contributed by atoms with E-state index in [0.29, 0.717) is 18.1 Å². The first-order chi connectivity index (χ1) is 10.6. The molecule has 0 aliphatic rings. The molecule has 114 valence electrons. The van der Waals surface area contributed by atoms with Crippen LogP contribution in [0.3, 0.4) is 0 Å². The predicted molar refractivity (Wildman–Crippen MR) is 91.9 cm³/mol. The van der Waals surface area contributed by atoms with E-state index < -0.39 is 0 Å². The molecule has 0 aliphatic carbocycles. The number of hydrogen-bond donors (Lipinski definition) is 0. The normalized spacial score (nSPS) is 10.7. The highest BCUT2D eigenvalue weighted by Gasteiger charge is 2.04. The van der Waals surface area contributed by atoms with Crippen LogP contribution < -0.4 is 9.47 Å². The van der Waals surface area contributed by atoms with Gasteiger partial charge >= 0.3 is 0 Å². The molecule has 0 spiro atoms. The lowest BCUT2D eigenvalue weighted by Crippen LogP contribution is -1.97. The van der Waals surface area contributed by atoms with E-state index in [9.17, 15) is 0 Å². The van der Waals surface area contributed by atoms with Gasteiger partial charge in [-0.15, -0.1) is 0 Å². The molecule has 0 radical (unpaired) electrons. The van der Waals surface area contributed by atoms with Crippen molar-refractivity contribution >= 4 is 11.9 Å². The Labute approximate surface area is 131 Å². The average Bonchev–Trinajstić information content (AvgIpc) is 2.54. The van der Waals surface area contributed by atoms with Crippen molar-refractivity contribution in [3.8, 4) is 11.5 Å². The zero-order valence-electron chi connectivity index (χ0n) is 13.3. The topological polar surface area (TPSA) is 30.8 Å². The predicted octanol–water partition coefficient (Wildman–Crippen LogP) is 4.63. The van der Waals surface area contributed by atoms with Crippen LogP contribution in [0, 0.1) is 13.8 Å². The molecule has 0 bridgehead atoms. The molecule has 2 aromatic rings. The number of benzene rings is 2. The van der Waals surface area contributed by atoms with E-state index in [-0.39, 0.29) is 0 Å². The first-order valence-corrected chi connectivity index (χ1v) is 7.17. The van der Waals surface area contributed by atoms with Crippen LogP contribution in [-0.4, -0.2) is 19.9 Å². The molecular weight excluding hydrogens is 274 g/mol. The summed E-state index contributed by atoms with van der Waals surface area (Å²) in [7, 11) is 1.63. The number of nitrogens with zero attached hydrogens (tertiary/aromatic N) is 1. The Morgan fingerprint density at radius 3 is 2.55 bits per heavy atom. The number of methoxy groups -OCH3 is 1. The molecule has 0 saturated heterocycles. The van der Waals surface area contributed by atoms with Gasteiger partial charge in [-0.25, -0.2) is 0 Å². The standard InChI is InChI=1S/C19H21NO2/c1-5-10-22-18-9-7-16(12-19(18)21-4)13-20-17-8-6-14(2)15(3)11-17/h5-9,11-13H,1,10H2,2-4H3. The van der Waals surface area contributed by atoms with Crippen LogP contribution in [-0.2, 0) is 0 Å². The van der Waals surface area contributed by atoms with Gasteiger partial charge in [0.15, 0.2) is 11.5 Å². The molecule has 0 aromatic heterocycles. The molecule has 0 N–H and O–H groups in total. The van der Waals surface area contributed by atoms with Crippen molar-refractivity contribution in [3.05, 3.63) is 65.7 Å². The van der Waals surface area contributed by atoms with Gasteiger partial charge in [0.25, 0.3) is 0 Å². The lowest BCUT2D eigenvalue weighted by Gasteiger charge is -2.09. The first kappa shape index (κ1) is 15.8. The molecule has 2 aromatic carbocycles. The number of rotatable bonds is 6. The first-order valence-electron chi connectivity index (χ1n) is 7.17. The molecule has 0 fully saturated rings. The smallest absolute Gasteiger partial charge is 0.161 e. The molecule has 0 heterocycles. The summed E-state index contributed by atoms with van der Waals surface area (Å²) in [5, 5.41) is 0. The van der Waals surface area contributed by atoms with Crippen molar-refractivity contribution in [1.29, 1.82) is 0 Å². The molecular formula is C19H21NO2. The summed E-state index contributed by atoms with van der Waals surface area (Å²) in [6.45, 7) is 8.27. The van der Waals surface area contributed by atoms with Gasteiger partial charge in [-0.05, 0) is 60.9 Å². The second-order valence-electron chi connectivity index (χ2n) is 5.04. The van der Waals surface area contributed by atoms with Gasteiger partial charge in [0.05, 0.1) is 12.8 Å². The average molecular weight is 295 g/mol. The molecule has 22 heavy (non-hydrogen) atoms. The molecule has 0 unspecified atom stereocenters. The summed E-state index contributed by atoms with van der Waals surface area (Å²) < 4.78 is 10.9. The summed E-state index contributed by atoms with van der Waals surface area (Å²) in [6, 6.07) is 11.9. The van der Waals surface area contributed by atoms with Crippen LogP contribution in [0.5, 0.6) is 11.5 Å². The minimum atomic E-state index is 0.451. The van der Waals surface area contributed by atoms with Gasteiger partial charge in [-0.2, -0.15) is 0 Å². The van der Waals surface area contributed by atoms with Gasteiger partial charge in [0.2, 0.25) is 0 Å². The third-order valence-electron chi connectivity index (χ3n) is 3.40. The monoisotopic (exact) mass is 295 g/mol.